The predicted octanol–water partition coefficient (Wildman–Crippen LogP) is 4.39. The van der Waals surface area contributed by atoms with Gasteiger partial charge in [0.15, 0.2) is 5.11 Å². The molecule has 0 spiro atoms. The van der Waals surface area contributed by atoms with Crippen LogP contribution in [-0.2, 0) is 6.18 Å². The molecule has 0 bridgehead atoms. The van der Waals surface area contributed by atoms with Crippen LogP contribution in [0.15, 0.2) is 42.5 Å². The molecule has 0 radical (unpaired) electrons. The Morgan fingerprint density at radius 1 is 1.15 bits per heavy atom. The van der Waals surface area contributed by atoms with Gasteiger partial charge in [-0.1, -0.05) is 11.6 Å². The number of carbonyl (C=O) groups excluding carboxylic acids is 1. The third-order valence-corrected chi connectivity index (χ3v) is 3.64. The van der Waals surface area contributed by atoms with Gasteiger partial charge in [0, 0.05) is 17.7 Å². The number of non-ortho nitro benzene ring substituents is 1. The monoisotopic (exact) mass is 403 g/mol. The van der Waals surface area contributed by atoms with E-state index in [2.05, 4.69) is 10.6 Å². The van der Waals surface area contributed by atoms with Gasteiger partial charge < -0.3 is 5.32 Å². The highest BCUT2D eigenvalue weighted by Crippen LogP contribution is 2.33. The average Bonchev–Trinajstić information content (AvgIpc) is 2.55. The standard InChI is InChI=1S/C15H9ClF3N3O3S/c16-11-6-3-9(15(17,18)19)7-12(11)20-14(26)21-13(23)8-1-4-10(5-2-8)22(24)25/h1-7H,(H2,20,21,23,26). The van der Waals surface area contributed by atoms with Crippen LogP contribution >= 0.6 is 23.8 Å². The third-order valence-electron chi connectivity index (χ3n) is 3.11. The van der Waals surface area contributed by atoms with Crippen molar-refractivity contribution < 1.29 is 22.9 Å². The fraction of sp³-hybridized carbons (Fsp3) is 0.0667. The maximum Gasteiger partial charge on any atom is 0.416 e. The van der Waals surface area contributed by atoms with Crippen LogP contribution in [0.2, 0.25) is 5.02 Å². The summed E-state index contributed by atoms with van der Waals surface area (Å²) in [6.07, 6.45) is -4.56. The van der Waals surface area contributed by atoms with E-state index in [4.69, 9.17) is 23.8 Å². The van der Waals surface area contributed by atoms with Gasteiger partial charge in [-0.15, -0.1) is 0 Å². The summed E-state index contributed by atoms with van der Waals surface area (Å²) in [6.45, 7) is 0. The number of anilines is 1. The summed E-state index contributed by atoms with van der Waals surface area (Å²) < 4.78 is 38.2. The molecule has 0 aliphatic carbocycles. The Morgan fingerprint density at radius 2 is 1.77 bits per heavy atom. The van der Waals surface area contributed by atoms with Crippen molar-refractivity contribution >= 4 is 46.2 Å². The van der Waals surface area contributed by atoms with Gasteiger partial charge in [0.05, 0.1) is 21.2 Å². The van der Waals surface area contributed by atoms with Crippen LogP contribution in [0, 0.1) is 10.1 Å². The third kappa shape index (κ3) is 4.90. The van der Waals surface area contributed by atoms with Gasteiger partial charge in [-0.2, -0.15) is 13.2 Å². The minimum absolute atomic E-state index is 0.0232. The normalized spacial score (nSPS) is 10.9. The van der Waals surface area contributed by atoms with Gasteiger partial charge in [0.25, 0.3) is 11.6 Å². The number of thiocarbonyl (C=S) groups is 1. The number of amides is 1. The molecule has 2 N–H and O–H groups in total. The summed E-state index contributed by atoms with van der Waals surface area (Å²) in [5.41, 5.74) is -1.18. The van der Waals surface area contributed by atoms with Crippen LogP contribution in [0.5, 0.6) is 0 Å². The topological polar surface area (TPSA) is 84.3 Å². The molecular formula is C15H9ClF3N3O3S. The fourth-order valence-corrected chi connectivity index (χ4v) is 2.23. The second-order valence-electron chi connectivity index (χ2n) is 4.90. The predicted molar refractivity (Wildman–Crippen MR) is 93.2 cm³/mol. The second kappa shape index (κ2) is 7.67. The van der Waals surface area contributed by atoms with E-state index in [1.807, 2.05) is 0 Å². The lowest BCUT2D eigenvalue weighted by Crippen LogP contribution is -2.34. The number of carbonyl (C=O) groups is 1. The van der Waals surface area contributed by atoms with E-state index in [-0.39, 0.29) is 27.1 Å². The van der Waals surface area contributed by atoms with Gasteiger partial charge in [-0.05, 0) is 42.5 Å². The van der Waals surface area contributed by atoms with Crippen LogP contribution < -0.4 is 10.6 Å². The number of halogens is 4. The second-order valence-corrected chi connectivity index (χ2v) is 5.72. The molecule has 2 rings (SSSR count). The van der Waals surface area contributed by atoms with Crippen LogP contribution in [0.4, 0.5) is 24.5 Å². The number of hydrogen-bond acceptors (Lipinski definition) is 4. The molecule has 0 aliphatic rings. The Bertz CT molecular complexity index is 873. The first kappa shape index (κ1) is 19.6. The van der Waals surface area contributed by atoms with Crippen molar-refractivity contribution in [3.8, 4) is 0 Å². The SMILES string of the molecule is O=C(NC(=S)Nc1cc(C(F)(F)F)ccc1Cl)c1ccc([N+](=O)[O-])cc1. The Kier molecular flexibility index (Phi) is 5.78. The van der Waals surface area contributed by atoms with Crippen molar-refractivity contribution in [1.29, 1.82) is 0 Å². The first-order valence-corrected chi connectivity index (χ1v) is 7.60. The van der Waals surface area contributed by atoms with E-state index in [0.29, 0.717) is 0 Å². The molecule has 0 saturated heterocycles. The summed E-state index contributed by atoms with van der Waals surface area (Å²) in [4.78, 5) is 22.0. The Balaban J connectivity index is 2.08. The van der Waals surface area contributed by atoms with E-state index in [9.17, 15) is 28.1 Å². The van der Waals surface area contributed by atoms with Gasteiger partial charge >= 0.3 is 6.18 Å². The van der Waals surface area contributed by atoms with E-state index in [1.54, 1.807) is 0 Å². The van der Waals surface area contributed by atoms with Crippen molar-refractivity contribution in [3.63, 3.8) is 0 Å². The molecule has 0 aromatic heterocycles. The zero-order valence-corrected chi connectivity index (χ0v) is 14.2. The fourth-order valence-electron chi connectivity index (χ4n) is 1.86. The van der Waals surface area contributed by atoms with E-state index in [0.717, 1.165) is 30.3 Å². The first-order valence-electron chi connectivity index (χ1n) is 6.81. The highest BCUT2D eigenvalue weighted by Gasteiger charge is 2.31. The zero-order chi connectivity index (χ0) is 19.5. The molecule has 136 valence electrons. The lowest BCUT2D eigenvalue weighted by molar-refractivity contribution is -0.384. The first-order chi connectivity index (χ1) is 12.1. The molecule has 0 fully saturated rings. The molecule has 26 heavy (non-hydrogen) atoms. The number of nitrogens with zero attached hydrogens (tertiary/aromatic N) is 1. The van der Waals surface area contributed by atoms with Gasteiger partial charge in [-0.3, -0.25) is 20.2 Å². The smallest absolute Gasteiger partial charge is 0.331 e. The minimum Gasteiger partial charge on any atom is -0.331 e. The van der Waals surface area contributed by atoms with Crippen LogP contribution in [0.1, 0.15) is 15.9 Å². The van der Waals surface area contributed by atoms with Gasteiger partial charge in [-0.25, -0.2) is 0 Å². The molecule has 0 atom stereocenters. The molecule has 0 unspecified atom stereocenters. The Labute approximate surface area is 155 Å². The molecular weight excluding hydrogens is 395 g/mol. The van der Waals surface area contributed by atoms with Crippen molar-refractivity contribution in [2.45, 2.75) is 6.18 Å². The van der Waals surface area contributed by atoms with Crippen LogP contribution in [-0.4, -0.2) is 15.9 Å². The molecule has 6 nitrogen and oxygen atoms in total. The number of hydrogen-bond donors (Lipinski definition) is 2. The Morgan fingerprint density at radius 3 is 2.31 bits per heavy atom. The van der Waals surface area contributed by atoms with E-state index in [1.165, 1.54) is 12.1 Å². The summed E-state index contributed by atoms with van der Waals surface area (Å²) in [7, 11) is 0. The Hall–Kier alpha value is -2.72. The minimum atomic E-state index is -4.56. The lowest BCUT2D eigenvalue weighted by atomic mass is 10.2. The van der Waals surface area contributed by atoms with Crippen molar-refractivity contribution in [2.75, 3.05) is 5.32 Å². The quantitative estimate of drug-likeness (QED) is 0.451. The number of nitrogens with one attached hydrogen (secondary N) is 2. The number of benzene rings is 2. The van der Waals surface area contributed by atoms with E-state index < -0.39 is 22.6 Å². The molecule has 2 aromatic carbocycles. The maximum atomic E-state index is 12.7. The van der Waals surface area contributed by atoms with Gasteiger partial charge in [0.2, 0.25) is 0 Å². The number of alkyl halides is 3. The largest absolute Gasteiger partial charge is 0.416 e. The number of nitro groups is 1. The molecule has 0 saturated carbocycles. The van der Waals surface area contributed by atoms with Crippen molar-refractivity contribution in [2.24, 2.45) is 0 Å². The summed E-state index contributed by atoms with van der Waals surface area (Å²) in [5, 5.41) is 14.9. The zero-order valence-electron chi connectivity index (χ0n) is 12.6. The molecule has 1 amide bonds. The highest BCUT2D eigenvalue weighted by atomic mass is 35.5. The van der Waals surface area contributed by atoms with Crippen molar-refractivity contribution in [1.82, 2.24) is 5.32 Å². The van der Waals surface area contributed by atoms with Gasteiger partial charge in [0.1, 0.15) is 0 Å². The molecule has 0 aliphatic heterocycles. The van der Waals surface area contributed by atoms with Crippen LogP contribution in [0.25, 0.3) is 0 Å². The maximum absolute atomic E-state index is 12.7. The molecule has 2 aromatic rings. The average molecular weight is 404 g/mol. The van der Waals surface area contributed by atoms with E-state index >= 15 is 0 Å². The lowest BCUT2D eigenvalue weighted by Gasteiger charge is -2.13. The molecule has 0 heterocycles. The van der Waals surface area contributed by atoms with Crippen LogP contribution in [0.3, 0.4) is 0 Å². The molecule has 11 heteroatoms. The number of nitro benzene ring substituents is 1. The summed E-state index contributed by atoms with van der Waals surface area (Å²) in [5.74, 6) is -0.694. The van der Waals surface area contributed by atoms with Crippen molar-refractivity contribution in [3.05, 3.63) is 68.7 Å². The number of rotatable bonds is 3. The highest BCUT2D eigenvalue weighted by molar-refractivity contribution is 7.80. The summed E-state index contributed by atoms with van der Waals surface area (Å²) >= 11 is 10.7. The summed E-state index contributed by atoms with van der Waals surface area (Å²) in [6, 6.07) is 7.32.